The molecule has 2 amide bonds. The van der Waals surface area contributed by atoms with Gasteiger partial charge in [0.25, 0.3) is 0 Å². The summed E-state index contributed by atoms with van der Waals surface area (Å²) in [7, 11) is 0. The van der Waals surface area contributed by atoms with E-state index >= 15 is 0 Å². The van der Waals surface area contributed by atoms with Gasteiger partial charge in [-0.05, 0) is 0 Å². The standard InChI is InChI=1S/C4H9N3O3.Na/c5-2(3(8)9)1-7-4(6)10;/h2H,1,5H2,(H,8,9)(H3,6,7,10);/q;+1/p-1/t2-;/m0./s1. The number of carboxylic acids is 1. The Bertz CT molecular complexity index is 152. The van der Waals surface area contributed by atoms with Gasteiger partial charge in [0.15, 0.2) is 0 Å². The summed E-state index contributed by atoms with van der Waals surface area (Å²) in [5.74, 6) is -1.42. The van der Waals surface area contributed by atoms with Gasteiger partial charge in [-0.3, -0.25) is 0 Å². The van der Waals surface area contributed by atoms with Gasteiger partial charge < -0.3 is 26.7 Å². The van der Waals surface area contributed by atoms with E-state index in [2.05, 4.69) is 5.73 Å². The van der Waals surface area contributed by atoms with Crippen molar-refractivity contribution in [3.05, 3.63) is 0 Å². The van der Waals surface area contributed by atoms with Gasteiger partial charge in [-0.25, -0.2) is 4.79 Å². The van der Waals surface area contributed by atoms with Gasteiger partial charge in [-0.2, -0.15) is 0 Å². The Morgan fingerprint density at radius 2 is 2.00 bits per heavy atom. The summed E-state index contributed by atoms with van der Waals surface area (Å²) < 4.78 is 0. The van der Waals surface area contributed by atoms with Crippen LogP contribution in [-0.2, 0) is 4.79 Å². The van der Waals surface area contributed by atoms with Crippen molar-refractivity contribution in [2.24, 2.45) is 11.5 Å². The van der Waals surface area contributed by atoms with Gasteiger partial charge in [-0.1, -0.05) is 0 Å². The fraction of sp³-hybridized carbons (Fsp3) is 0.500. The third-order valence-corrected chi connectivity index (χ3v) is 0.799. The predicted octanol–water partition coefficient (Wildman–Crippen LogP) is -6.26. The maximum absolute atomic E-state index is 9.97. The molecule has 0 rings (SSSR count). The largest absolute Gasteiger partial charge is 1.00 e. The summed E-state index contributed by atoms with van der Waals surface area (Å²) >= 11 is 0. The number of urea groups is 1. The number of hydrogen-bond donors (Lipinski definition) is 3. The van der Waals surface area contributed by atoms with E-state index < -0.39 is 18.0 Å². The van der Waals surface area contributed by atoms with E-state index in [1.165, 1.54) is 0 Å². The minimum Gasteiger partial charge on any atom is -0.548 e. The maximum atomic E-state index is 9.97. The van der Waals surface area contributed by atoms with Gasteiger partial charge in [0, 0.05) is 6.54 Å². The van der Waals surface area contributed by atoms with Crippen LogP contribution >= 0.6 is 0 Å². The molecule has 0 aromatic rings. The number of carbonyl (C=O) groups excluding carboxylic acids is 2. The van der Waals surface area contributed by atoms with Crippen LogP contribution in [0.25, 0.3) is 0 Å². The number of amides is 2. The normalized spacial score (nSPS) is 11.0. The number of nitrogens with two attached hydrogens (primary N) is 2. The number of aliphatic carboxylic acids is 1. The molecule has 0 radical (unpaired) electrons. The third kappa shape index (κ3) is 7.60. The van der Waals surface area contributed by atoms with Crippen molar-refractivity contribution in [2.75, 3.05) is 6.54 Å². The monoisotopic (exact) mass is 169 g/mol. The van der Waals surface area contributed by atoms with Gasteiger partial charge in [0.05, 0.1) is 12.0 Å². The van der Waals surface area contributed by atoms with Crippen molar-refractivity contribution in [2.45, 2.75) is 6.04 Å². The second kappa shape index (κ2) is 6.41. The Morgan fingerprint density at radius 3 is 2.27 bits per heavy atom. The van der Waals surface area contributed by atoms with Crippen molar-refractivity contribution >= 4 is 12.0 Å². The molecule has 0 aliphatic carbocycles. The number of primary amides is 1. The second-order valence-corrected chi connectivity index (χ2v) is 1.67. The van der Waals surface area contributed by atoms with Crippen LogP contribution in [-0.4, -0.2) is 24.6 Å². The minimum absolute atomic E-state index is 0. The fourth-order valence-electron chi connectivity index (χ4n) is 0.294. The van der Waals surface area contributed by atoms with Crippen LogP contribution in [0, 0.1) is 0 Å². The molecular formula is C4H8N3NaO3. The molecule has 0 aromatic carbocycles. The van der Waals surface area contributed by atoms with Crippen LogP contribution in [0.5, 0.6) is 0 Å². The Kier molecular flexibility index (Phi) is 7.75. The molecular weight excluding hydrogens is 161 g/mol. The third-order valence-electron chi connectivity index (χ3n) is 0.799. The van der Waals surface area contributed by atoms with E-state index in [1.807, 2.05) is 5.32 Å². The van der Waals surface area contributed by atoms with Crippen molar-refractivity contribution in [1.82, 2.24) is 5.32 Å². The Labute approximate surface area is 85.6 Å². The average Bonchev–Trinajstić information content (AvgIpc) is 1.82. The second-order valence-electron chi connectivity index (χ2n) is 1.67. The van der Waals surface area contributed by atoms with Crippen LogP contribution in [0.4, 0.5) is 4.79 Å². The zero-order chi connectivity index (χ0) is 8.15. The summed E-state index contributed by atoms with van der Waals surface area (Å²) in [6.45, 7) is -0.211. The van der Waals surface area contributed by atoms with Gasteiger partial charge in [-0.15, -0.1) is 0 Å². The number of carboxylic acid groups (broad SMARTS) is 1. The first-order chi connectivity index (χ1) is 4.54. The van der Waals surface area contributed by atoms with Crippen LogP contribution in [0.2, 0.25) is 0 Å². The van der Waals surface area contributed by atoms with Gasteiger partial charge >= 0.3 is 35.6 Å². The molecule has 0 fully saturated rings. The molecule has 7 heteroatoms. The van der Waals surface area contributed by atoms with Crippen LogP contribution in [0.1, 0.15) is 0 Å². The number of rotatable bonds is 3. The summed E-state index contributed by atoms with van der Waals surface area (Å²) in [5.41, 5.74) is 9.55. The zero-order valence-electron chi connectivity index (χ0n) is 6.16. The summed E-state index contributed by atoms with van der Waals surface area (Å²) in [6.07, 6.45) is 0. The molecule has 0 heterocycles. The molecule has 0 spiro atoms. The zero-order valence-corrected chi connectivity index (χ0v) is 8.16. The molecule has 0 bridgehead atoms. The van der Waals surface area contributed by atoms with Crippen molar-refractivity contribution in [3.8, 4) is 0 Å². The molecule has 0 aliphatic heterocycles. The predicted molar refractivity (Wildman–Crippen MR) is 30.6 cm³/mol. The Morgan fingerprint density at radius 1 is 1.55 bits per heavy atom. The number of nitrogens with one attached hydrogen (secondary N) is 1. The van der Waals surface area contributed by atoms with Crippen LogP contribution < -0.4 is 51.4 Å². The molecule has 0 aliphatic rings. The molecule has 1 atom stereocenters. The van der Waals surface area contributed by atoms with E-state index in [0.717, 1.165) is 0 Å². The van der Waals surface area contributed by atoms with E-state index in [4.69, 9.17) is 5.73 Å². The SMILES string of the molecule is NC(=O)NC[C@H](N)C(=O)[O-].[Na+]. The number of carbonyl (C=O) groups is 2. The van der Waals surface area contributed by atoms with E-state index in [1.54, 1.807) is 0 Å². The smallest absolute Gasteiger partial charge is 0.548 e. The Balaban J connectivity index is 0. The summed E-state index contributed by atoms with van der Waals surface area (Å²) in [5, 5.41) is 11.9. The van der Waals surface area contributed by atoms with Crippen molar-refractivity contribution < 1.29 is 44.3 Å². The molecule has 0 saturated carbocycles. The Hall–Kier alpha value is -0.300. The molecule has 6 nitrogen and oxygen atoms in total. The molecule has 0 unspecified atom stereocenters. The molecule has 0 saturated heterocycles. The van der Waals surface area contributed by atoms with Crippen LogP contribution in [0.15, 0.2) is 0 Å². The topological polar surface area (TPSA) is 121 Å². The molecule has 11 heavy (non-hydrogen) atoms. The van der Waals surface area contributed by atoms with E-state index in [0.29, 0.717) is 0 Å². The maximum Gasteiger partial charge on any atom is 1.00 e. The quantitative estimate of drug-likeness (QED) is 0.364. The van der Waals surface area contributed by atoms with Gasteiger partial charge in [0.2, 0.25) is 0 Å². The minimum atomic E-state index is -1.42. The summed E-state index contributed by atoms with van der Waals surface area (Å²) in [4.78, 5) is 19.9. The number of hydrogen-bond acceptors (Lipinski definition) is 4. The first-order valence-corrected chi connectivity index (χ1v) is 2.53. The summed E-state index contributed by atoms with van der Waals surface area (Å²) in [6, 6.07) is -2.01. The van der Waals surface area contributed by atoms with Gasteiger partial charge in [0.1, 0.15) is 0 Å². The first-order valence-electron chi connectivity index (χ1n) is 2.53. The van der Waals surface area contributed by atoms with E-state index in [-0.39, 0.29) is 36.1 Å². The van der Waals surface area contributed by atoms with Crippen molar-refractivity contribution in [3.63, 3.8) is 0 Å². The van der Waals surface area contributed by atoms with E-state index in [9.17, 15) is 14.7 Å². The van der Waals surface area contributed by atoms with Crippen molar-refractivity contribution in [1.29, 1.82) is 0 Å². The molecule has 5 N–H and O–H groups in total. The molecule has 0 aromatic heterocycles. The first kappa shape index (κ1) is 13.3. The fourth-order valence-corrected chi connectivity index (χ4v) is 0.294. The molecule has 58 valence electrons. The van der Waals surface area contributed by atoms with Crippen LogP contribution in [0.3, 0.4) is 0 Å². The average molecular weight is 169 g/mol.